The molecule has 1 heterocycles. The van der Waals surface area contributed by atoms with E-state index in [1.165, 1.54) is 10.9 Å². The maximum Gasteiger partial charge on any atom is 0.264 e. The molecule has 1 rings (SSSR count). The number of nitrogens with zero attached hydrogens (tertiary/aromatic N) is 2. The number of alkyl halides is 1. The summed E-state index contributed by atoms with van der Waals surface area (Å²) in [6.45, 7) is 0. The molecular weight excluding hydrogens is 223 g/mol. The van der Waals surface area contributed by atoms with Gasteiger partial charge in [0.25, 0.3) is 9.05 Å². The van der Waals surface area contributed by atoms with E-state index in [9.17, 15) is 8.42 Å². The molecule has 0 amide bonds. The van der Waals surface area contributed by atoms with Crippen LogP contribution in [0.2, 0.25) is 0 Å². The number of halogens is 2. The molecule has 0 aliphatic rings. The normalized spacial score (nSPS) is 11.9. The van der Waals surface area contributed by atoms with Gasteiger partial charge in [0.15, 0.2) is 0 Å². The van der Waals surface area contributed by atoms with E-state index in [0.717, 1.165) is 0 Å². The quantitative estimate of drug-likeness (QED) is 0.563. The minimum Gasteiger partial charge on any atom is -0.270 e. The first-order valence-electron chi connectivity index (χ1n) is 2.98. The zero-order chi connectivity index (χ0) is 9.35. The minimum atomic E-state index is -3.72. The Morgan fingerprint density at radius 1 is 1.67 bits per heavy atom. The lowest BCUT2D eigenvalue weighted by molar-refractivity contribution is 0.608. The maximum absolute atomic E-state index is 10.9. The SMILES string of the molecule is Cn1ncc(S(=O)(=O)Cl)c1CCl. The van der Waals surface area contributed by atoms with Gasteiger partial charge in [-0.1, -0.05) is 0 Å². The molecule has 0 unspecified atom stereocenters. The molecule has 0 bridgehead atoms. The van der Waals surface area contributed by atoms with E-state index in [1.54, 1.807) is 7.05 Å². The molecule has 0 N–H and O–H groups in total. The maximum atomic E-state index is 10.9. The Morgan fingerprint density at radius 3 is 2.58 bits per heavy atom. The van der Waals surface area contributed by atoms with Gasteiger partial charge in [-0.2, -0.15) is 5.10 Å². The number of hydrogen-bond acceptors (Lipinski definition) is 3. The van der Waals surface area contributed by atoms with Crippen LogP contribution in [-0.2, 0) is 22.0 Å². The van der Waals surface area contributed by atoms with Gasteiger partial charge in [0.1, 0.15) is 4.90 Å². The van der Waals surface area contributed by atoms with Crippen molar-refractivity contribution in [3.63, 3.8) is 0 Å². The summed E-state index contributed by atoms with van der Waals surface area (Å²) in [5.41, 5.74) is 0.395. The van der Waals surface area contributed by atoms with E-state index in [0.29, 0.717) is 5.69 Å². The van der Waals surface area contributed by atoms with Crippen LogP contribution in [0.15, 0.2) is 11.1 Å². The van der Waals surface area contributed by atoms with Crippen molar-refractivity contribution in [2.75, 3.05) is 0 Å². The van der Waals surface area contributed by atoms with Gasteiger partial charge < -0.3 is 0 Å². The molecule has 0 aliphatic carbocycles. The Bertz CT molecular complexity index is 384. The summed E-state index contributed by atoms with van der Waals surface area (Å²) in [6.07, 6.45) is 1.18. The summed E-state index contributed by atoms with van der Waals surface area (Å²) in [6, 6.07) is 0. The second-order valence-electron chi connectivity index (χ2n) is 2.15. The van der Waals surface area contributed by atoms with E-state index in [4.69, 9.17) is 22.3 Å². The number of aromatic nitrogens is 2. The number of rotatable bonds is 2. The average Bonchev–Trinajstić information content (AvgIpc) is 2.29. The van der Waals surface area contributed by atoms with E-state index in [2.05, 4.69) is 5.10 Å². The highest BCUT2D eigenvalue weighted by molar-refractivity contribution is 8.13. The molecule has 0 aromatic carbocycles. The van der Waals surface area contributed by atoms with Gasteiger partial charge in [0.2, 0.25) is 0 Å². The van der Waals surface area contributed by atoms with E-state index < -0.39 is 9.05 Å². The topological polar surface area (TPSA) is 52.0 Å². The highest BCUT2D eigenvalue weighted by Crippen LogP contribution is 2.20. The lowest BCUT2D eigenvalue weighted by Gasteiger charge is -1.97. The van der Waals surface area contributed by atoms with Crippen LogP contribution in [0.4, 0.5) is 0 Å². The van der Waals surface area contributed by atoms with Crippen LogP contribution in [0.5, 0.6) is 0 Å². The predicted molar refractivity (Wildman–Crippen MR) is 45.8 cm³/mol. The fourth-order valence-electron chi connectivity index (χ4n) is 0.799. The predicted octanol–water partition coefficient (Wildman–Crippen LogP) is 1.09. The van der Waals surface area contributed by atoms with Crippen molar-refractivity contribution < 1.29 is 8.42 Å². The minimum absolute atomic E-state index is 0.0262. The molecule has 7 heteroatoms. The Hall–Kier alpha value is -0.260. The highest BCUT2D eigenvalue weighted by atomic mass is 35.7. The summed E-state index contributed by atoms with van der Waals surface area (Å²) in [5.74, 6) is 0.0672. The van der Waals surface area contributed by atoms with Crippen molar-refractivity contribution in [2.45, 2.75) is 10.8 Å². The van der Waals surface area contributed by atoms with Gasteiger partial charge in [-0.25, -0.2) is 8.42 Å². The zero-order valence-electron chi connectivity index (χ0n) is 6.16. The lowest BCUT2D eigenvalue weighted by atomic mass is 10.5. The van der Waals surface area contributed by atoms with Crippen LogP contribution in [0.3, 0.4) is 0 Å². The molecule has 68 valence electrons. The summed E-state index contributed by atoms with van der Waals surface area (Å²) < 4.78 is 23.1. The molecule has 0 aliphatic heterocycles. The first-order valence-corrected chi connectivity index (χ1v) is 5.82. The van der Waals surface area contributed by atoms with E-state index >= 15 is 0 Å². The van der Waals surface area contributed by atoms with Gasteiger partial charge in [-0.3, -0.25) is 4.68 Å². The molecular formula is C5H6Cl2N2O2S. The monoisotopic (exact) mass is 228 g/mol. The van der Waals surface area contributed by atoms with Crippen molar-refractivity contribution in [1.29, 1.82) is 0 Å². The van der Waals surface area contributed by atoms with Gasteiger partial charge >= 0.3 is 0 Å². The first-order chi connectivity index (χ1) is 5.46. The first kappa shape index (κ1) is 9.83. The third kappa shape index (κ3) is 1.73. The molecule has 0 saturated carbocycles. The molecule has 1 aromatic rings. The Labute approximate surface area is 79.5 Å². The fourth-order valence-corrected chi connectivity index (χ4v) is 2.24. The summed E-state index contributed by atoms with van der Waals surface area (Å²) >= 11 is 5.50. The van der Waals surface area contributed by atoms with Crippen LogP contribution >= 0.6 is 22.3 Å². The largest absolute Gasteiger partial charge is 0.270 e. The van der Waals surface area contributed by atoms with Crippen LogP contribution < -0.4 is 0 Å². The molecule has 1 aromatic heterocycles. The van der Waals surface area contributed by atoms with Crippen molar-refractivity contribution in [1.82, 2.24) is 9.78 Å². The highest BCUT2D eigenvalue weighted by Gasteiger charge is 2.18. The van der Waals surface area contributed by atoms with Crippen molar-refractivity contribution in [3.05, 3.63) is 11.9 Å². The summed E-state index contributed by atoms with van der Waals surface area (Å²) in [5, 5.41) is 3.72. The van der Waals surface area contributed by atoms with Gasteiger partial charge in [-0.15, -0.1) is 11.6 Å². The molecule has 4 nitrogen and oxygen atoms in total. The van der Waals surface area contributed by atoms with Gasteiger partial charge in [0, 0.05) is 17.7 Å². The third-order valence-electron chi connectivity index (χ3n) is 1.41. The van der Waals surface area contributed by atoms with Crippen LogP contribution in [0.1, 0.15) is 5.69 Å². The van der Waals surface area contributed by atoms with E-state index in [1.807, 2.05) is 0 Å². The number of aryl methyl sites for hydroxylation is 1. The molecule has 0 atom stereocenters. The number of hydrogen-bond donors (Lipinski definition) is 0. The lowest BCUT2D eigenvalue weighted by Crippen LogP contribution is -1.99. The third-order valence-corrected chi connectivity index (χ3v) is 3.03. The standard InChI is InChI=1S/C5H6Cl2N2O2S/c1-9-4(2-6)5(3-8-9)12(7,10)11/h3H,2H2,1H3. The van der Waals surface area contributed by atoms with Crippen LogP contribution in [0.25, 0.3) is 0 Å². The zero-order valence-corrected chi connectivity index (χ0v) is 8.49. The molecule has 0 fully saturated rings. The molecule has 12 heavy (non-hydrogen) atoms. The molecule has 0 spiro atoms. The molecule has 0 radical (unpaired) electrons. The van der Waals surface area contributed by atoms with Crippen molar-refractivity contribution >= 4 is 31.3 Å². The van der Waals surface area contributed by atoms with Crippen molar-refractivity contribution in [2.24, 2.45) is 7.05 Å². The van der Waals surface area contributed by atoms with Crippen LogP contribution in [-0.4, -0.2) is 18.2 Å². The van der Waals surface area contributed by atoms with Crippen LogP contribution in [0, 0.1) is 0 Å². The summed E-state index contributed by atoms with van der Waals surface area (Å²) in [7, 11) is 3.00. The fraction of sp³-hybridized carbons (Fsp3) is 0.400. The second kappa shape index (κ2) is 3.24. The Morgan fingerprint density at radius 2 is 2.25 bits per heavy atom. The second-order valence-corrected chi connectivity index (χ2v) is 4.95. The van der Waals surface area contributed by atoms with Gasteiger partial charge in [-0.05, 0) is 0 Å². The van der Waals surface area contributed by atoms with E-state index in [-0.39, 0.29) is 10.8 Å². The van der Waals surface area contributed by atoms with Gasteiger partial charge in [0.05, 0.1) is 17.8 Å². The van der Waals surface area contributed by atoms with Crippen molar-refractivity contribution in [3.8, 4) is 0 Å². The summed E-state index contributed by atoms with van der Waals surface area (Å²) in [4.78, 5) is -0.0262. The Balaban J connectivity index is 3.36. The Kier molecular flexibility index (Phi) is 2.65. The average molecular weight is 229 g/mol. The smallest absolute Gasteiger partial charge is 0.264 e. The molecule has 0 saturated heterocycles.